The second kappa shape index (κ2) is 6.39. The number of hydrogen-bond acceptors (Lipinski definition) is 5. The van der Waals surface area contributed by atoms with Crippen LogP contribution in [0, 0.1) is 5.92 Å². The number of hydrogen-bond donors (Lipinski definition) is 3. The molecule has 2 aliphatic rings. The van der Waals surface area contributed by atoms with Crippen molar-refractivity contribution in [1.82, 2.24) is 16.2 Å². The summed E-state index contributed by atoms with van der Waals surface area (Å²) in [5, 5.41) is 2.94. The first kappa shape index (κ1) is 15.5. The van der Waals surface area contributed by atoms with Gasteiger partial charge in [-0.3, -0.25) is 10.2 Å². The van der Waals surface area contributed by atoms with E-state index >= 15 is 0 Å². The molecule has 2 fully saturated rings. The summed E-state index contributed by atoms with van der Waals surface area (Å²) in [6.07, 6.45) is -0.179. The SMILES string of the molecule is CC1NNC2NC(=O)CSC(c3cccc(OC(F)F)c3)C12. The van der Waals surface area contributed by atoms with Crippen molar-refractivity contribution >= 4 is 17.7 Å². The zero-order chi connectivity index (χ0) is 15.7. The average molecular weight is 329 g/mol. The molecule has 5 nitrogen and oxygen atoms in total. The minimum Gasteiger partial charge on any atom is -0.435 e. The summed E-state index contributed by atoms with van der Waals surface area (Å²) in [6.45, 7) is -0.816. The molecule has 0 aliphatic carbocycles. The number of carbonyl (C=O) groups is 1. The molecule has 3 N–H and O–H groups in total. The Morgan fingerprint density at radius 1 is 1.36 bits per heavy atom. The van der Waals surface area contributed by atoms with Crippen molar-refractivity contribution in [2.45, 2.75) is 31.0 Å². The van der Waals surface area contributed by atoms with E-state index in [4.69, 9.17) is 0 Å². The van der Waals surface area contributed by atoms with Crippen molar-refractivity contribution in [1.29, 1.82) is 0 Å². The molecule has 0 spiro atoms. The minimum atomic E-state index is -2.85. The zero-order valence-corrected chi connectivity index (χ0v) is 12.7. The highest BCUT2D eigenvalue weighted by molar-refractivity contribution is 8.00. The third-order valence-electron chi connectivity index (χ3n) is 3.90. The topological polar surface area (TPSA) is 62.4 Å². The molecule has 22 heavy (non-hydrogen) atoms. The van der Waals surface area contributed by atoms with E-state index < -0.39 is 6.61 Å². The van der Waals surface area contributed by atoms with Gasteiger partial charge in [0, 0.05) is 17.2 Å². The van der Waals surface area contributed by atoms with Crippen LogP contribution in [0.4, 0.5) is 8.78 Å². The van der Waals surface area contributed by atoms with Gasteiger partial charge in [0.05, 0.1) is 11.9 Å². The molecule has 0 radical (unpaired) electrons. The zero-order valence-electron chi connectivity index (χ0n) is 11.9. The number of carbonyl (C=O) groups excluding carboxylic acids is 1. The molecule has 0 bridgehead atoms. The molecule has 1 amide bonds. The normalized spacial score (nSPS) is 31.5. The molecule has 0 aromatic heterocycles. The number of amides is 1. The molecule has 1 aromatic carbocycles. The fraction of sp³-hybridized carbons (Fsp3) is 0.500. The second-order valence-electron chi connectivity index (χ2n) is 5.38. The van der Waals surface area contributed by atoms with Crippen LogP contribution in [-0.2, 0) is 4.79 Å². The molecule has 4 atom stereocenters. The molecule has 0 saturated carbocycles. The molecule has 2 aliphatic heterocycles. The van der Waals surface area contributed by atoms with Crippen molar-refractivity contribution in [2.24, 2.45) is 5.92 Å². The maximum absolute atomic E-state index is 12.4. The van der Waals surface area contributed by atoms with Gasteiger partial charge in [0.25, 0.3) is 0 Å². The van der Waals surface area contributed by atoms with E-state index in [1.54, 1.807) is 12.1 Å². The first-order chi connectivity index (χ1) is 10.5. The predicted molar refractivity (Wildman–Crippen MR) is 79.4 cm³/mol. The van der Waals surface area contributed by atoms with Gasteiger partial charge < -0.3 is 10.1 Å². The Morgan fingerprint density at radius 2 is 2.18 bits per heavy atom. The summed E-state index contributed by atoms with van der Waals surface area (Å²) < 4.78 is 29.3. The van der Waals surface area contributed by atoms with Gasteiger partial charge in [0.2, 0.25) is 5.91 Å². The standard InChI is InChI=1S/C14H17F2N3O2S/c1-7-11-12(22-6-10(20)17-13(11)19-18-7)8-3-2-4-9(5-8)21-14(15)16/h2-5,7,11-14,18-19H,6H2,1H3,(H,17,20). The monoisotopic (exact) mass is 329 g/mol. The lowest BCUT2D eigenvalue weighted by Crippen LogP contribution is -2.46. The number of rotatable bonds is 3. The number of fused-ring (bicyclic) bond motifs is 1. The van der Waals surface area contributed by atoms with Crippen molar-refractivity contribution < 1.29 is 18.3 Å². The highest BCUT2D eigenvalue weighted by Crippen LogP contribution is 2.42. The first-order valence-corrected chi connectivity index (χ1v) is 8.06. The van der Waals surface area contributed by atoms with Crippen LogP contribution in [0.3, 0.4) is 0 Å². The summed E-state index contributed by atoms with van der Waals surface area (Å²) in [5.74, 6) is 0.551. The Kier molecular flexibility index (Phi) is 4.51. The molecule has 3 rings (SSSR count). The fourth-order valence-electron chi connectivity index (χ4n) is 2.95. The van der Waals surface area contributed by atoms with Crippen LogP contribution < -0.4 is 20.9 Å². The maximum Gasteiger partial charge on any atom is 0.387 e. The summed E-state index contributed by atoms with van der Waals surface area (Å²) in [5.41, 5.74) is 7.09. The quantitative estimate of drug-likeness (QED) is 0.787. The predicted octanol–water partition coefficient (Wildman–Crippen LogP) is 1.63. The molecular weight excluding hydrogens is 312 g/mol. The average Bonchev–Trinajstić information content (AvgIpc) is 2.72. The number of benzene rings is 1. The number of nitrogens with one attached hydrogen (secondary N) is 3. The Bertz CT molecular complexity index is 561. The highest BCUT2D eigenvalue weighted by Gasteiger charge is 2.42. The van der Waals surface area contributed by atoms with E-state index in [0.29, 0.717) is 5.75 Å². The third-order valence-corrected chi connectivity index (χ3v) is 5.28. The Balaban J connectivity index is 1.89. The van der Waals surface area contributed by atoms with Gasteiger partial charge in [0.1, 0.15) is 5.75 Å². The van der Waals surface area contributed by atoms with E-state index in [1.165, 1.54) is 17.8 Å². The van der Waals surface area contributed by atoms with Crippen LogP contribution in [0.1, 0.15) is 17.7 Å². The third kappa shape index (κ3) is 3.18. The van der Waals surface area contributed by atoms with Crippen LogP contribution in [0.25, 0.3) is 0 Å². The van der Waals surface area contributed by atoms with Gasteiger partial charge in [-0.1, -0.05) is 12.1 Å². The summed E-state index contributed by atoms with van der Waals surface area (Å²) >= 11 is 1.52. The van der Waals surface area contributed by atoms with Gasteiger partial charge in [-0.2, -0.15) is 8.78 Å². The molecule has 2 heterocycles. The van der Waals surface area contributed by atoms with Crippen LogP contribution in [0.5, 0.6) is 5.75 Å². The van der Waals surface area contributed by atoms with E-state index in [9.17, 15) is 13.6 Å². The highest BCUT2D eigenvalue weighted by atomic mass is 32.2. The van der Waals surface area contributed by atoms with Crippen molar-refractivity contribution in [2.75, 3.05) is 5.75 Å². The number of thioether (sulfide) groups is 1. The second-order valence-corrected chi connectivity index (χ2v) is 6.51. The Labute approximate surface area is 131 Å². The van der Waals surface area contributed by atoms with Crippen molar-refractivity contribution in [3.05, 3.63) is 29.8 Å². The lowest BCUT2D eigenvalue weighted by Gasteiger charge is -2.27. The van der Waals surface area contributed by atoms with E-state index in [1.807, 2.05) is 13.0 Å². The maximum atomic E-state index is 12.4. The molecule has 4 unspecified atom stereocenters. The van der Waals surface area contributed by atoms with Crippen molar-refractivity contribution in [3.8, 4) is 5.75 Å². The van der Waals surface area contributed by atoms with Gasteiger partial charge in [-0.05, 0) is 24.6 Å². The van der Waals surface area contributed by atoms with Gasteiger partial charge in [-0.15, -0.1) is 11.8 Å². The molecule has 120 valence electrons. The van der Waals surface area contributed by atoms with E-state index in [2.05, 4.69) is 20.9 Å². The first-order valence-electron chi connectivity index (χ1n) is 7.01. The molecule has 2 saturated heterocycles. The largest absolute Gasteiger partial charge is 0.435 e. The lowest BCUT2D eigenvalue weighted by molar-refractivity contribution is -0.119. The summed E-state index contributed by atoms with van der Waals surface area (Å²) in [6, 6.07) is 6.85. The lowest BCUT2D eigenvalue weighted by atomic mass is 9.91. The smallest absolute Gasteiger partial charge is 0.387 e. The summed E-state index contributed by atoms with van der Waals surface area (Å²) in [7, 11) is 0. The van der Waals surface area contributed by atoms with E-state index in [-0.39, 0.29) is 35.0 Å². The number of alkyl halides is 2. The van der Waals surface area contributed by atoms with Gasteiger partial charge in [-0.25, -0.2) is 5.43 Å². The van der Waals surface area contributed by atoms with Crippen molar-refractivity contribution in [3.63, 3.8) is 0 Å². The minimum absolute atomic E-state index is 0.00247. The van der Waals surface area contributed by atoms with Crippen LogP contribution >= 0.6 is 11.8 Å². The van der Waals surface area contributed by atoms with Gasteiger partial charge in [0.15, 0.2) is 0 Å². The number of ether oxygens (including phenoxy) is 1. The van der Waals surface area contributed by atoms with Crippen LogP contribution in [0.15, 0.2) is 24.3 Å². The molecule has 8 heteroatoms. The number of hydrazine groups is 1. The fourth-order valence-corrected chi connectivity index (χ4v) is 4.32. The number of halogens is 2. The Hall–Kier alpha value is -1.38. The van der Waals surface area contributed by atoms with Crippen LogP contribution in [0.2, 0.25) is 0 Å². The molecule has 1 aromatic rings. The van der Waals surface area contributed by atoms with Gasteiger partial charge >= 0.3 is 6.61 Å². The Morgan fingerprint density at radius 3 is 2.95 bits per heavy atom. The summed E-state index contributed by atoms with van der Waals surface area (Å²) in [4.78, 5) is 11.8. The molecular formula is C14H17F2N3O2S. The van der Waals surface area contributed by atoms with E-state index in [0.717, 1.165) is 5.56 Å². The van der Waals surface area contributed by atoms with Crippen LogP contribution in [-0.4, -0.2) is 30.5 Å².